The molecule has 19 heavy (non-hydrogen) atoms. The van der Waals surface area contributed by atoms with Crippen molar-refractivity contribution < 1.29 is 13.6 Å². The lowest BCUT2D eigenvalue weighted by molar-refractivity contribution is -0.120. The molecule has 3 nitrogen and oxygen atoms in total. The van der Waals surface area contributed by atoms with Crippen molar-refractivity contribution in [1.82, 2.24) is 5.32 Å². The molecule has 6 heteroatoms. The molecule has 0 spiro atoms. The van der Waals surface area contributed by atoms with Gasteiger partial charge in [-0.2, -0.15) is 0 Å². The number of hydrogen-bond acceptors (Lipinski definition) is 2. The van der Waals surface area contributed by atoms with E-state index in [0.29, 0.717) is 12.8 Å². The molecule has 2 atom stereocenters. The lowest BCUT2D eigenvalue weighted by Gasteiger charge is -2.27. The molecule has 2 unspecified atom stereocenters. The van der Waals surface area contributed by atoms with E-state index in [1.807, 2.05) is 6.92 Å². The number of carbonyl (C=O) groups is 1. The summed E-state index contributed by atoms with van der Waals surface area (Å²) in [6.07, 6.45) is 1.41. The number of benzene rings is 1. The summed E-state index contributed by atoms with van der Waals surface area (Å²) >= 11 is 2.89. The molecule has 1 aromatic rings. The number of anilines is 1. The van der Waals surface area contributed by atoms with Crippen molar-refractivity contribution in [2.75, 3.05) is 11.9 Å². The Balaban J connectivity index is 2.08. The Morgan fingerprint density at radius 1 is 1.42 bits per heavy atom. The number of nitrogens with one attached hydrogen (secondary N) is 2. The monoisotopic (exact) mass is 332 g/mol. The van der Waals surface area contributed by atoms with E-state index in [1.165, 1.54) is 0 Å². The quantitative estimate of drug-likeness (QED) is 0.817. The first kappa shape index (κ1) is 14.4. The van der Waals surface area contributed by atoms with Crippen molar-refractivity contribution in [2.24, 2.45) is 5.92 Å². The van der Waals surface area contributed by atoms with Gasteiger partial charge in [0.2, 0.25) is 5.91 Å². The van der Waals surface area contributed by atoms with E-state index in [2.05, 4.69) is 26.6 Å². The zero-order valence-corrected chi connectivity index (χ0v) is 12.1. The highest BCUT2D eigenvalue weighted by molar-refractivity contribution is 9.10. The molecule has 1 amide bonds. The summed E-state index contributed by atoms with van der Waals surface area (Å²) in [5, 5.41) is 5.70. The van der Waals surface area contributed by atoms with Crippen LogP contribution >= 0.6 is 15.9 Å². The summed E-state index contributed by atoms with van der Waals surface area (Å²) < 4.78 is 27.0. The molecule has 2 N–H and O–H groups in total. The maximum absolute atomic E-state index is 13.6. The van der Waals surface area contributed by atoms with Gasteiger partial charge >= 0.3 is 0 Å². The van der Waals surface area contributed by atoms with Crippen LogP contribution in [-0.4, -0.2) is 18.5 Å². The topological polar surface area (TPSA) is 41.1 Å². The fourth-order valence-corrected chi connectivity index (χ4v) is 2.54. The molecule has 104 valence electrons. The van der Waals surface area contributed by atoms with E-state index in [4.69, 9.17) is 0 Å². The Morgan fingerprint density at radius 3 is 2.84 bits per heavy atom. The predicted molar refractivity (Wildman–Crippen MR) is 72.9 cm³/mol. The van der Waals surface area contributed by atoms with Gasteiger partial charge in [0.25, 0.3) is 0 Å². The van der Waals surface area contributed by atoms with E-state index in [1.54, 1.807) is 0 Å². The lowest BCUT2D eigenvalue weighted by Crippen LogP contribution is -2.40. The molecule has 1 saturated heterocycles. The molecular weight excluding hydrogens is 318 g/mol. The maximum Gasteiger partial charge on any atom is 0.227 e. The smallest absolute Gasteiger partial charge is 0.227 e. The van der Waals surface area contributed by atoms with Crippen LogP contribution in [0, 0.1) is 17.6 Å². The van der Waals surface area contributed by atoms with E-state index >= 15 is 0 Å². The number of amides is 1. The summed E-state index contributed by atoms with van der Waals surface area (Å²) in [5.74, 6) is -1.67. The SMILES string of the molecule is CC1CC(C(=O)Nc2cc(F)c(Br)cc2F)CCN1. The Hall–Kier alpha value is -1.01. The fraction of sp³-hybridized carbons (Fsp3) is 0.462. The number of carbonyl (C=O) groups excluding carboxylic acids is 1. The van der Waals surface area contributed by atoms with Gasteiger partial charge < -0.3 is 10.6 Å². The third kappa shape index (κ3) is 3.51. The first-order chi connectivity index (χ1) is 8.97. The standard InChI is InChI=1S/C13H15BrF2N2O/c1-7-4-8(2-3-17-7)13(19)18-12-6-10(15)9(14)5-11(12)16/h5-8,17H,2-4H2,1H3,(H,18,19). The molecule has 0 aromatic heterocycles. The normalized spacial score (nSPS) is 23.2. The maximum atomic E-state index is 13.6. The molecule has 1 aliphatic rings. The Bertz CT molecular complexity index is 496. The van der Waals surface area contributed by atoms with Crippen molar-refractivity contribution in [3.63, 3.8) is 0 Å². The Labute approximate surface area is 118 Å². The van der Waals surface area contributed by atoms with Crippen molar-refractivity contribution >= 4 is 27.5 Å². The minimum Gasteiger partial charge on any atom is -0.323 e. The van der Waals surface area contributed by atoms with E-state index in [-0.39, 0.29) is 28.0 Å². The lowest BCUT2D eigenvalue weighted by atomic mass is 9.92. The van der Waals surface area contributed by atoms with Gasteiger partial charge in [0.05, 0.1) is 10.2 Å². The highest BCUT2D eigenvalue weighted by Crippen LogP contribution is 2.25. The highest BCUT2D eigenvalue weighted by Gasteiger charge is 2.25. The van der Waals surface area contributed by atoms with Crippen LogP contribution < -0.4 is 10.6 Å². The first-order valence-corrected chi connectivity index (χ1v) is 6.95. The van der Waals surface area contributed by atoms with E-state index in [0.717, 1.165) is 18.7 Å². The molecule has 2 rings (SSSR count). The number of rotatable bonds is 2. The molecule has 1 heterocycles. The fourth-order valence-electron chi connectivity index (χ4n) is 2.22. The second kappa shape index (κ2) is 5.96. The van der Waals surface area contributed by atoms with Gasteiger partial charge in [0.1, 0.15) is 11.6 Å². The minimum absolute atomic E-state index is 0.0403. The Morgan fingerprint density at radius 2 is 2.16 bits per heavy atom. The zero-order valence-electron chi connectivity index (χ0n) is 10.5. The molecule has 0 saturated carbocycles. The molecule has 0 aliphatic carbocycles. The van der Waals surface area contributed by atoms with Crippen LogP contribution in [0.5, 0.6) is 0 Å². The van der Waals surface area contributed by atoms with Gasteiger partial charge in [-0.3, -0.25) is 4.79 Å². The van der Waals surface area contributed by atoms with Crippen LogP contribution in [0.1, 0.15) is 19.8 Å². The average Bonchev–Trinajstić information content (AvgIpc) is 2.36. The van der Waals surface area contributed by atoms with Gasteiger partial charge in [0, 0.05) is 18.0 Å². The molecule has 0 bridgehead atoms. The van der Waals surface area contributed by atoms with Crippen LogP contribution in [0.4, 0.5) is 14.5 Å². The third-order valence-corrected chi connectivity index (χ3v) is 3.87. The van der Waals surface area contributed by atoms with Crippen LogP contribution in [0.15, 0.2) is 16.6 Å². The summed E-state index contributed by atoms with van der Waals surface area (Å²) in [5.41, 5.74) is -0.114. The number of hydrogen-bond donors (Lipinski definition) is 2. The molecule has 1 aliphatic heterocycles. The molecule has 1 aromatic carbocycles. The highest BCUT2D eigenvalue weighted by atomic mass is 79.9. The molecule has 1 fully saturated rings. The van der Waals surface area contributed by atoms with Crippen LogP contribution in [0.25, 0.3) is 0 Å². The first-order valence-electron chi connectivity index (χ1n) is 6.16. The number of piperidine rings is 1. The largest absolute Gasteiger partial charge is 0.323 e. The van der Waals surface area contributed by atoms with Crippen LogP contribution in [0.3, 0.4) is 0 Å². The minimum atomic E-state index is -0.649. The van der Waals surface area contributed by atoms with E-state index in [9.17, 15) is 13.6 Å². The van der Waals surface area contributed by atoms with Crippen molar-refractivity contribution in [3.05, 3.63) is 28.2 Å². The summed E-state index contributed by atoms with van der Waals surface area (Å²) in [6.45, 7) is 2.76. The summed E-state index contributed by atoms with van der Waals surface area (Å²) in [6, 6.07) is 2.26. The number of halogens is 3. The third-order valence-electron chi connectivity index (χ3n) is 3.26. The van der Waals surface area contributed by atoms with Gasteiger partial charge in [-0.15, -0.1) is 0 Å². The molecule has 0 radical (unpaired) electrons. The van der Waals surface area contributed by atoms with Crippen LogP contribution in [0.2, 0.25) is 0 Å². The van der Waals surface area contributed by atoms with Gasteiger partial charge in [-0.05, 0) is 48.3 Å². The second-order valence-electron chi connectivity index (χ2n) is 4.81. The second-order valence-corrected chi connectivity index (χ2v) is 5.67. The summed E-state index contributed by atoms with van der Waals surface area (Å²) in [4.78, 5) is 12.0. The molecular formula is C13H15BrF2N2O. The van der Waals surface area contributed by atoms with Crippen molar-refractivity contribution in [1.29, 1.82) is 0 Å². The summed E-state index contributed by atoms with van der Waals surface area (Å²) in [7, 11) is 0. The zero-order chi connectivity index (χ0) is 14.0. The van der Waals surface area contributed by atoms with Crippen LogP contribution in [-0.2, 0) is 4.79 Å². The van der Waals surface area contributed by atoms with Gasteiger partial charge in [0.15, 0.2) is 0 Å². The van der Waals surface area contributed by atoms with Gasteiger partial charge in [-0.25, -0.2) is 8.78 Å². The Kier molecular flexibility index (Phi) is 4.52. The van der Waals surface area contributed by atoms with Gasteiger partial charge in [-0.1, -0.05) is 0 Å². The van der Waals surface area contributed by atoms with E-state index < -0.39 is 11.6 Å². The predicted octanol–water partition coefficient (Wildman–Crippen LogP) is 3.05. The average molecular weight is 333 g/mol. The van der Waals surface area contributed by atoms with Crippen molar-refractivity contribution in [2.45, 2.75) is 25.8 Å². The van der Waals surface area contributed by atoms with Crippen molar-refractivity contribution in [3.8, 4) is 0 Å².